The zero-order valence-corrected chi connectivity index (χ0v) is 12.5. The summed E-state index contributed by atoms with van der Waals surface area (Å²) in [6.07, 6.45) is 2.50. The van der Waals surface area contributed by atoms with Gasteiger partial charge in [-0.25, -0.2) is 0 Å². The first-order valence-electron chi connectivity index (χ1n) is 7.69. The Morgan fingerprint density at radius 3 is 3.05 bits per heavy atom. The van der Waals surface area contributed by atoms with Crippen molar-refractivity contribution in [3.8, 4) is 5.75 Å². The number of nitrogens with two attached hydrogens (primary N) is 1. The fourth-order valence-corrected chi connectivity index (χ4v) is 3.07. The summed E-state index contributed by atoms with van der Waals surface area (Å²) >= 11 is 0. The summed E-state index contributed by atoms with van der Waals surface area (Å²) in [5.41, 5.74) is 7.24. The van der Waals surface area contributed by atoms with Gasteiger partial charge in [0.1, 0.15) is 5.75 Å². The van der Waals surface area contributed by atoms with Crippen molar-refractivity contribution in [1.29, 1.82) is 0 Å². The van der Waals surface area contributed by atoms with Crippen LogP contribution < -0.4 is 10.5 Å². The van der Waals surface area contributed by atoms with Gasteiger partial charge in [-0.15, -0.1) is 0 Å². The average Bonchev–Trinajstić information content (AvgIpc) is 3.12. The van der Waals surface area contributed by atoms with Crippen LogP contribution in [-0.2, 0) is 4.74 Å². The molecule has 2 N–H and O–H groups in total. The molecule has 2 aliphatic rings. The molecular formula is C16H23N3O2. The van der Waals surface area contributed by atoms with Gasteiger partial charge >= 0.3 is 0 Å². The van der Waals surface area contributed by atoms with E-state index in [1.807, 2.05) is 25.1 Å². The Bertz CT molecular complexity index is 512. The summed E-state index contributed by atoms with van der Waals surface area (Å²) in [7, 11) is 0. The fraction of sp³-hybridized carbons (Fsp3) is 0.562. The number of hydrogen-bond acceptors (Lipinski definition) is 5. The third-order valence-corrected chi connectivity index (χ3v) is 4.10. The summed E-state index contributed by atoms with van der Waals surface area (Å²) in [6.45, 7) is 5.01. The van der Waals surface area contributed by atoms with E-state index in [0.717, 1.165) is 37.3 Å². The first-order valence-corrected chi connectivity index (χ1v) is 7.69. The van der Waals surface area contributed by atoms with E-state index in [9.17, 15) is 0 Å². The van der Waals surface area contributed by atoms with Crippen LogP contribution in [0.5, 0.6) is 5.75 Å². The topological polar surface area (TPSA) is 60.1 Å². The minimum atomic E-state index is 0.150. The molecule has 114 valence electrons. The lowest BCUT2D eigenvalue weighted by atomic mass is 10.0. The highest BCUT2D eigenvalue weighted by atomic mass is 16.5. The van der Waals surface area contributed by atoms with E-state index in [1.165, 1.54) is 0 Å². The summed E-state index contributed by atoms with van der Waals surface area (Å²) in [6, 6.07) is 8.30. The van der Waals surface area contributed by atoms with Gasteiger partial charge in [0, 0.05) is 18.7 Å². The van der Waals surface area contributed by atoms with Gasteiger partial charge in [-0.1, -0.05) is 18.2 Å². The Hall–Kier alpha value is -1.75. The van der Waals surface area contributed by atoms with Gasteiger partial charge in [0.15, 0.2) is 5.96 Å². The monoisotopic (exact) mass is 289 g/mol. The SMILES string of the molecule is CCOc1ccccc1C1CN=C(N)N1CC1CCCO1. The molecule has 21 heavy (non-hydrogen) atoms. The Balaban J connectivity index is 1.80. The second-order valence-electron chi connectivity index (χ2n) is 5.47. The first kappa shape index (κ1) is 14.2. The zero-order chi connectivity index (χ0) is 14.7. The maximum atomic E-state index is 6.09. The second-order valence-corrected chi connectivity index (χ2v) is 5.47. The van der Waals surface area contributed by atoms with Crippen LogP contribution in [0.4, 0.5) is 0 Å². The molecule has 1 aromatic carbocycles. The quantitative estimate of drug-likeness (QED) is 0.900. The average molecular weight is 289 g/mol. The highest BCUT2D eigenvalue weighted by Gasteiger charge is 2.32. The molecule has 2 unspecified atom stereocenters. The maximum absolute atomic E-state index is 6.09. The van der Waals surface area contributed by atoms with Gasteiger partial charge in [0.25, 0.3) is 0 Å². The smallest absolute Gasteiger partial charge is 0.192 e. The van der Waals surface area contributed by atoms with Gasteiger partial charge in [-0.05, 0) is 25.8 Å². The molecule has 1 aromatic rings. The zero-order valence-electron chi connectivity index (χ0n) is 12.5. The molecule has 0 amide bonds. The van der Waals surface area contributed by atoms with Crippen molar-refractivity contribution in [2.75, 3.05) is 26.3 Å². The normalized spacial score (nSPS) is 25.2. The number of benzene rings is 1. The molecule has 5 heteroatoms. The molecule has 1 fully saturated rings. The molecule has 2 atom stereocenters. The van der Waals surface area contributed by atoms with Crippen molar-refractivity contribution >= 4 is 5.96 Å². The first-order chi connectivity index (χ1) is 10.3. The Labute approximate surface area is 125 Å². The number of guanidine groups is 1. The van der Waals surface area contributed by atoms with Gasteiger partial charge in [0.05, 0.1) is 25.3 Å². The fourth-order valence-electron chi connectivity index (χ4n) is 3.07. The summed E-state index contributed by atoms with van der Waals surface area (Å²) in [5, 5.41) is 0. The third-order valence-electron chi connectivity index (χ3n) is 4.10. The minimum Gasteiger partial charge on any atom is -0.494 e. The van der Waals surface area contributed by atoms with Crippen molar-refractivity contribution in [1.82, 2.24) is 4.90 Å². The van der Waals surface area contributed by atoms with Crippen molar-refractivity contribution in [2.45, 2.75) is 31.9 Å². The van der Waals surface area contributed by atoms with Gasteiger partial charge in [0.2, 0.25) is 0 Å². The van der Waals surface area contributed by atoms with Crippen molar-refractivity contribution in [3.05, 3.63) is 29.8 Å². The maximum Gasteiger partial charge on any atom is 0.192 e. The number of ether oxygens (including phenoxy) is 2. The Morgan fingerprint density at radius 1 is 1.43 bits per heavy atom. The third kappa shape index (κ3) is 2.97. The minimum absolute atomic E-state index is 0.150. The van der Waals surface area contributed by atoms with E-state index < -0.39 is 0 Å². The Kier molecular flexibility index (Phi) is 4.29. The van der Waals surface area contributed by atoms with E-state index in [1.54, 1.807) is 0 Å². The molecule has 0 aliphatic carbocycles. The van der Waals surface area contributed by atoms with Crippen LogP contribution in [0.1, 0.15) is 31.4 Å². The number of rotatable bonds is 5. The van der Waals surface area contributed by atoms with Gasteiger partial charge < -0.3 is 20.1 Å². The molecule has 0 spiro atoms. The lowest BCUT2D eigenvalue weighted by Gasteiger charge is -2.29. The largest absolute Gasteiger partial charge is 0.494 e. The molecule has 1 saturated heterocycles. The Morgan fingerprint density at radius 2 is 2.29 bits per heavy atom. The van der Waals surface area contributed by atoms with Crippen LogP contribution in [-0.4, -0.2) is 43.3 Å². The summed E-state index contributed by atoms with van der Waals surface area (Å²) in [5.74, 6) is 1.54. The summed E-state index contributed by atoms with van der Waals surface area (Å²) < 4.78 is 11.5. The van der Waals surface area contributed by atoms with Crippen LogP contribution in [0.15, 0.2) is 29.3 Å². The summed E-state index contributed by atoms with van der Waals surface area (Å²) in [4.78, 5) is 6.59. The van der Waals surface area contributed by atoms with Crippen LogP contribution in [0.3, 0.4) is 0 Å². The van der Waals surface area contributed by atoms with E-state index in [0.29, 0.717) is 19.1 Å². The molecule has 0 radical (unpaired) electrons. The number of aliphatic imine (C=N–C) groups is 1. The standard InChI is InChI=1S/C16H23N3O2/c1-2-20-15-8-4-3-7-13(15)14-10-18-16(17)19(14)11-12-6-5-9-21-12/h3-4,7-8,12,14H,2,5-6,9-11H2,1H3,(H2,17,18). The van der Waals surface area contributed by atoms with Crippen molar-refractivity contribution in [3.63, 3.8) is 0 Å². The van der Waals surface area contributed by atoms with Gasteiger partial charge in [-0.2, -0.15) is 0 Å². The van der Waals surface area contributed by atoms with Crippen LogP contribution in [0.25, 0.3) is 0 Å². The van der Waals surface area contributed by atoms with Crippen LogP contribution in [0, 0.1) is 0 Å². The van der Waals surface area contributed by atoms with Crippen molar-refractivity contribution in [2.24, 2.45) is 10.7 Å². The molecule has 0 bridgehead atoms. The van der Waals surface area contributed by atoms with E-state index in [2.05, 4.69) is 16.0 Å². The van der Waals surface area contributed by atoms with Crippen molar-refractivity contribution < 1.29 is 9.47 Å². The highest BCUT2D eigenvalue weighted by molar-refractivity contribution is 5.80. The molecule has 2 aliphatic heterocycles. The lowest BCUT2D eigenvalue weighted by Crippen LogP contribution is -2.41. The van der Waals surface area contributed by atoms with Gasteiger partial charge in [-0.3, -0.25) is 4.99 Å². The molecular weight excluding hydrogens is 266 g/mol. The predicted molar refractivity (Wildman–Crippen MR) is 82.5 cm³/mol. The molecule has 3 rings (SSSR count). The lowest BCUT2D eigenvalue weighted by molar-refractivity contribution is 0.0849. The highest BCUT2D eigenvalue weighted by Crippen LogP contribution is 2.33. The number of nitrogens with zero attached hydrogens (tertiary/aromatic N) is 2. The van der Waals surface area contributed by atoms with Crippen LogP contribution in [0.2, 0.25) is 0 Å². The van der Waals surface area contributed by atoms with E-state index >= 15 is 0 Å². The molecule has 2 heterocycles. The molecule has 0 saturated carbocycles. The van der Waals surface area contributed by atoms with E-state index in [-0.39, 0.29) is 12.1 Å². The molecule has 5 nitrogen and oxygen atoms in total. The number of hydrogen-bond donors (Lipinski definition) is 1. The number of para-hydroxylation sites is 1. The second kappa shape index (κ2) is 6.35. The molecule has 0 aromatic heterocycles. The van der Waals surface area contributed by atoms with Crippen LogP contribution >= 0.6 is 0 Å². The predicted octanol–water partition coefficient (Wildman–Crippen LogP) is 1.94. The van der Waals surface area contributed by atoms with E-state index in [4.69, 9.17) is 15.2 Å².